The first kappa shape index (κ1) is 79.3. The van der Waals surface area contributed by atoms with Crippen molar-refractivity contribution in [2.24, 2.45) is 14.1 Å². The lowest BCUT2D eigenvalue weighted by Crippen LogP contribution is -2.46. The number of ether oxygens (including phenoxy) is 9. The van der Waals surface area contributed by atoms with E-state index in [2.05, 4.69) is 109 Å². The quantitative estimate of drug-likeness (QED) is 0.0510. The highest BCUT2D eigenvalue weighted by molar-refractivity contribution is 5.86. The molecule has 0 radical (unpaired) electrons. The molecule has 3 aliphatic heterocycles. The molecular weight excluding hydrogens is 1390 g/mol. The Morgan fingerprint density at radius 1 is 0.445 bits per heavy atom. The van der Waals surface area contributed by atoms with Crippen LogP contribution in [0.4, 0.5) is 34.1 Å². The summed E-state index contributed by atoms with van der Waals surface area (Å²) in [5.41, 5.74) is 17.1. The highest BCUT2D eigenvalue weighted by Crippen LogP contribution is 2.40. The minimum absolute atomic E-state index is 0. The minimum atomic E-state index is -0.376. The van der Waals surface area contributed by atoms with Crippen LogP contribution in [0, 0.1) is 13.8 Å². The molecule has 576 valence electrons. The Bertz CT molecular complexity index is 5170. The van der Waals surface area contributed by atoms with Crippen molar-refractivity contribution in [1.82, 2.24) is 73.7 Å². The van der Waals surface area contributed by atoms with E-state index >= 15 is 0 Å². The maximum atomic E-state index is 5.92. The van der Waals surface area contributed by atoms with E-state index in [9.17, 15) is 0 Å². The van der Waals surface area contributed by atoms with E-state index in [0.29, 0.717) is 19.8 Å². The second-order valence-electron chi connectivity index (χ2n) is 26.3. The summed E-state index contributed by atoms with van der Waals surface area (Å²) in [4.78, 5) is 42.3. The van der Waals surface area contributed by atoms with Gasteiger partial charge in [-0.3, -0.25) is 29.0 Å². The number of rotatable bonds is 24. The summed E-state index contributed by atoms with van der Waals surface area (Å²) in [5.74, 6) is 5.01. The van der Waals surface area contributed by atoms with Crippen LogP contribution in [0.3, 0.4) is 0 Å². The predicted octanol–water partition coefficient (Wildman–Crippen LogP) is 14.7. The average molecular weight is 1490 g/mol. The molecule has 1 atom stereocenters. The van der Waals surface area contributed by atoms with Gasteiger partial charge in [0.25, 0.3) is 0 Å². The van der Waals surface area contributed by atoms with Gasteiger partial charge in [0, 0.05) is 203 Å². The molecule has 16 rings (SSSR count). The topological polar surface area (TPSA) is 248 Å². The number of benzene rings is 6. The van der Waals surface area contributed by atoms with Gasteiger partial charge in [0.1, 0.15) is 40.3 Å². The molecule has 3 saturated heterocycles. The van der Waals surface area contributed by atoms with Gasteiger partial charge in [0.05, 0.1) is 168 Å². The normalized spacial score (nSPS) is 14.1. The highest BCUT2D eigenvalue weighted by Gasteiger charge is 2.40. The fraction of sp³-hybridized carbons (Fsp3) is 0.349. The van der Waals surface area contributed by atoms with Crippen LogP contribution in [0.25, 0.3) is 66.9 Å². The molecular formula is C83H100N18O9. The van der Waals surface area contributed by atoms with E-state index in [4.69, 9.17) is 57.6 Å². The third-order valence-electron chi connectivity index (χ3n) is 19.2. The maximum Gasteiger partial charge on any atom is 0.170 e. The summed E-state index contributed by atoms with van der Waals surface area (Å²) in [6.45, 7) is 14.8. The Morgan fingerprint density at radius 2 is 0.836 bits per heavy atom. The fourth-order valence-corrected chi connectivity index (χ4v) is 13.3. The molecule has 7 aromatic heterocycles. The minimum Gasteiger partial charge on any atom is -0.497 e. The van der Waals surface area contributed by atoms with E-state index in [1.807, 2.05) is 130 Å². The number of methoxy groups -OCH3 is 6. The van der Waals surface area contributed by atoms with Crippen molar-refractivity contribution >= 4 is 67.2 Å². The van der Waals surface area contributed by atoms with E-state index in [0.717, 1.165) is 212 Å². The lowest BCUT2D eigenvalue weighted by molar-refractivity contribution is -0.184. The first-order valence-corrected chi connectivity index (χ1v) is 35.6. The van der Waals surface area contributed by atoms with Gasteiger partial charge in [0.2, 0.25) is 0 Å². The lowest BCUT2D eigenvalue weighted by Gasteiger charge is -2.38. The number of nitrogens with zero attached hydrogens (tertiary/aromatic N) is 18. The average Bonchev–Trinajstić information content (AvgIpc) is 0.879. The molecule has 3 aliphatic rings. The molecule has 1 spiro atoms. The zero-order valence-corrected chi connectivity index (χ0v) is 62.2. The van der Waals surface area contributed by atoms with Crippen molar-refractivity contribution in [1.29, 1.82) is 0 Å². The molecule has 0 aliphatic carbocycles. The summed E-state index contributed by atoms with van der Waals surface area (Å²) in [6, 6.07) is 36.2. The van der Waals surface area contributed by atoms with E-state index in [1.54, 1.807) is 83.0 Å². The van der Waals surface area contributed by atoms with Crippen LogP contribution in [-0.2, 0) is 41.4 Å². The molecule has 13 aromatic rings. The van der Waals surface area contributed by atoms with Gasteiger partial charge in [0.15, 0.2) is 5.79 Å². The van der Waals surface area contributed by atoms with Crippen LogP contribution in [-0.4, -0.2) is 187 Å². The number of epoxide rings is 1. The van der Waals surface area contributed by atoms with Gasteiger partial charge in [-0.15, -0.1) is 0 Å². The molecule has 27 nitrogen and oxygen atoms in total. The van der Waals surface area contributed by atoms with E-state index < -0.39 is 0 Å². The van der Waals surface area contributed by atoms with Gasteiger partial charge in [-0.2, -0.15) is 15.3 Å². The largest absolute Gasteiger partial charge is 0.497 e. The number of piperidine rings is 1. The van der Waals surface area contributed by atoms with E-state index in [-0.39, 0.29) is 34.2 Å². The Kier molecular flexibility index (Phi) is 25.6. The van der Waals surface area contributed by atoms with Crippen molar-refractivity contribution in [3.05, 3.63) is 183 Å². The maximum absolute atomic E-state index is 5.92. The van der Waals surface area contributed by atoms with Crippen molar-refractivity contribution < 1.29 is 42.6 Å². The standard InChI is InChI=1S/C29H34N6O4.C27H29N7O2.C24H25N5O3.3CH4/c1-33-20-21(18-31-33)28-19-30-26-5-4-22(16-27(26)32-28)35(23-14-24(36-2)17-25(15-23)37-3)11-10-34-8-6-29(7-9-34)38-12-13-39-29;1-18-16-33(19(2)30-18)8-9-34(22-10-23(35-4)13-24(11-22)36-5)21-6-7-25-26(12-21)31-27(15-28-25)20-14-29-32(3)17-20;1-4-28-13-16(11-26-28)24-12-25-22-6-5-17(9-23(22)27-24)29(14-21-15-32-21)18-7-19(30-2)10-20(8-18)31-3;;;/h4-5,14-20H,6-13H2,1-3H3;6-7,10-17H,8-9H2,1-5H3;5-13,21H,4,14-15H2,1-3H3;3*1H4. The van der Waals surface area contributed by atoms with Crippen molar-refractivity contribution in [3.8, 4) is 68.3 Å². The zero-order valence-electron chi connectivity index (χ0n) is 62.2. The van der Waals surface area contributed by atoms with Crippen LogP contribution < -0.4 is 43.1 Å². The number of anilines is 6. The molecule has 1 unspecified atom stereocenters. The van der Waals surface area contributed by atoms with Gasteiger partial charge >= 0.3 is 0 Å². The van der Waals surface area contributed by atoms with E-state index in [1.165, 1.54) is 0 Å². The van der Waals surface area contributed by atoms with Crippen molar-refractivity contribution in [3.63, 3.8) is 0 Å². The smallest absolute Gasteiger partial charge is 0.170 e. The second-order valence-corrected chi connectivity index (χ2v) is 26.3. The highest BCUT2D eigenvalue weighted by atomic mass is 16.7. The Morgan fingerprint density at radius 3 is 1.20 bits per heavy atom. The monoisotopic (exact) mass is 1490 g/mol. The number of hydrogen-bond acceptors (Lipinski definition) is 23. The molecule has 27 heteroatoms. The van der Waals surface area contributed by atoms with Crippen LogP contribution in [0.5, 0.6) is 34.5 Å². The third-order valence-corrected chi connectivity index (χ3v) is 19.2. The predicted molar refractivity (Wildman–Crippen MR) is 432 cm³/mol. The molecule has 0 N–H and O–H groups in total. The molecule has 0 bridgehead atoms. The number of hydrogen-bond donors (Lipinski definition) is 0. The fourth-order valence-electron chi connectivity index (χ4n) is 13.3. The van der Waals surface area contributed by atoms with Crippen LogP contribution in [0.1, 0.15) is 53.6 Å². The van der Waals surface area contributed by atoms with Crippen LogP contribution in [0.2, 0.25) is 0 Å². The number of likely N-dealkylation sites (tertiary alicyclic amines) is 1. The van der Waals surface area contributed by atoms with Gasteiger partial charge in [-0.1, -0.05) is 22.3 Å². The summed E-state index contributed by atoms with van der Waals surface area (Å²) in [6.07, 6.45) is 20.7. The first-order chi connectivity index (χ1) is 52.1. The van der Waals surface area contributed by atoms with Crippen LogP contribution in [0.15, 0.2) is 171 Å². The van der Waals surface area contributed by atoms with Gasteiger partial charge < -0.3 is 66.8 Å². The molecule has 110 heavy (non-hydrogen) atoms. The number of fused-ring (bicyclic) bond motifs is 3. The number of imidazole rings is 1. The zero-order chi connectivity index (χ0) is 74.1. The number of aromatic nitrogens is 14. The Labute approximate surface area is 642 Å². The van der Waals surface area contributed by atoms with Gasteiger partial charge in [-0.25, -0.2) is 19.9 Å². The molecule has 10 heterocycles. The number of aryl methyl sites for hydroxylation is 5. The summed E-state index contributed by atoms with van der Waals surface area (Å²) in [5, 5.41) is 12.9. The Hall–Kier alpha value is -11.8. The lowest BCUT2D eigenvalue weighted by atomic mass is 10.0. The SMILES string of the molecule is C.C.C.CCn1cc(-c2cnc3ccc(N(CC4CO4)c4cc(OC)cc(OC)c4)cc3n2)cn1.COc1cc(OC)cc(N(CCN2CCC3(CC2)OCCO3)c2ccc3ncc(-c4cnn(C)c4)nc3c2)c1.COc1cc(OC)cc(N(CCn2cc(C)nc2C)c2ccc3ncc(-c4cnn(C)c4)nc3c2)c1. The summed E-state index contributed by atoms with van der Waals surface area (Å²) < 4.78 is 58.2. The molecule has 6 aromatic carbocycles. The third kappa shape index (κ3) is 18.5. The van der Waals surface area contributed by atoms with Crippen molar-refractivity contribution in [2.75, 3.05) is 116 Å². The molecule has 0 saturated carbocycles. The summed E-state index contributed by atoms with van der Waals surface area (Å²) in [7, 11) is 13.8. The first-order valence-electron chi connectivity index (χ1n) is 35.6. The second kappa shape index (κ2) is 35.5. The van der Waals surface area contributed by atoms with Gasteiger partial charge in [-0.05, 0) is 75.4 Å². The Balaban J connectivity index is 0.000000162. The summed E-state index contributed by atoms with van der Waals surface area (Å²) >= 11 is 0. The molecule has 3 fully saturated rings. The van der Waals surface area contributed by atoms with Crippen LogP contribution >= 0.6 is 0 Å². The molecule has 0 amide bonds. The van der Waals surface area contributed by atoms with Crippen molar-refractivity contribution in [2.45, 2.75) is 80.9 Å².